The monoisotopic (exact) mass is 195 g/mol. The van der Waals surface area contributed by atoms with Crippen LogP contribution in [-0.4, -0.2) is 26.8 Å². The lowest BCUT2D eigenvalue weighted by Crippen LogP contribution is -2.26. The maximum Gasteiger partial charge on any atom is 0.168 e. The summed E-state index contributed by atoms with van der Waals surface area (Å²) in [7, 11) is 0. The van der Waals surface area contributed by atoms with Gasteiger partial charge in [0.2, 0.25) is 0 Å². The van der Waals surface area contributed by atoms with Gasteiger partial charge in [0, 0.05) is 0 Å². The van der Waals surface area contributed by atoms with E-state index in [4.69, 9.17) is 0 Å². The summed E-state index contributed by atoms with van der Waals surface area (Å²) in [4.78, 5) is 0. The molecule has 0 spiro atoms. The van der Waals surface area contributed by atoms with Crippen molar-refractivity contribution in [1.82, 2.24) is 25.5 Å². The van der Waals surface area contributed by atoms with E-state index >= 15 is 0 Å². The Morgan fingerprint density at radius 3 is 2.86 bits per heavy atom. The van der Waals surface area contributed by atoms with Crippen molar-refractivity contribution < 1.29 is 0 Å². The Kier molecular flexibility index (Phi) is 2.26. The zero-order valence-electron chi connectivity index (χ0n) is 8.99. The zero-order valence-corrected chi connectivity index (χ0v) is 8.99. The van der Waals surface area contributed by atoms with Gasteiger partial charge in [-0.05, 0) is 43.7 Å². The van der Waals surface area contributed by atoms with Crippen molar-refractivity contribution >= 4 is 0 Å². The third kappa shape index (κ3) is 1.52. The van der Waals surface area contributed by atoms with Crippen LogP contribution in [0.1, 0.15) is 45.5 Å². The minimum absolute atomic E-state index is 0.183. The van der Waals surface area contributed by atoms with E-state index in [9.17, 15) is 0 Å². The van der Waals surface area contributed by atoms with E-state index in [2.05, 4.69) is 41.6 Å². The number of tetrazole rings is 1. The fourth-order valence-corrected chi connectivity index (χ4v) is 1.64. The molecular weight excluding hydrogens is 178 g/mol. The van der Waals surface area contributed by atoms with Gasteiger partial charge in [0.05, 0.1) is 11.6 Å². The van der Waals surface area contributed by atoms with Crippen molar-refractivity contribution in [1.29, 1.82) is 0 Å². The first-order chi connectivity index (χ1) is 6.67. The Morgan fingerprint density at radius 2 is 2.29 bits per heavy atom. The van der Waals surface area contributed by atoms with Crippen LogP contribution in [0.4, 0.5) is 0 Å². The highest BCUT2D eigenvalue weighted by Crippen LogP contribution is 2.43. The highest BCUT2D eigenvalue weighted by molar-refractivity contribution is 5.02. The van der Waals surface area contributed by atoms with Gasteiger partial charge in [-0.25, -0.2) is 4.68 Å². The van der Waals surface area contributed by atoms with Crippen molar-refractivity contribution in [3.63, 3.8) is 0 Å². The molecule has 1 fully saturated rings. The summed E-state index contributed by atoms with van der Waals surface area (Å²) >= 11 is 0. The van der Waals surface area contributed by atoms with Crippen LogP contribution < -0.4 is 5.32 Å². The summed E-state index contributed by atoms with van der Waals surface area (Å²) in [5.41, 5.74) is 0.183. The smallest absolute Gasteiger partial charge is 0.168 e. The molecule has 2 rings (SSSR count). The fourth-order valence-electron chi connectivity index (χ4n) is 1.64. The summed E-state index contributed by atoms with van der Waals surface area (Å²) in [6.07, 6.45) is 2.37. The number of aromatic nitrogens is 4. The molecule has 0 aliphatic heterocycles. The predicted octanol–water partition coefficient (Wildman–Crippen LogP) is 0.853. The van der Waals surface area contributed by atoms with Crippen LogP contribution in [0.2, 0.25) is 0 Å². The van der Waals surface area contributed by atoms with Crippen LogP contribution in [0.3, 0.4) is 0 Å². The number of nitrogens with one attached hydrogen (secondary N) is 1. The standard InChI is InChI=1S/C9H17N5/c1-4-10-7(2)8-11-12-13-14(8)9(3)5-6-9/h7,10H,4-6H2,1-3H3. The van der Waals surface area contributed by atoms with Crippen molar-refractivity contribution in [2.24, 2.45) is 0 Å². The fraction of sp³-hybridized carbons (Fsp3) is 0.889. The van der Waals surface area contributed by atoms with E-state index in [0.717, 1.165) is 12.4 Å². The molecule has 1 unspecified atom stereocenters. The lowest BCUT2D eigenvalue weighted by Gasteiger charge is -2.15. The van der Waals surface area contributed by atoms with Crippen molar-refractivity contribution in [3.05, 3.63) is 5.82 Å². The first kappa shape index (κ1) is 9.58. The summed E-state index contributed by atoms with van der Waals surface area (Å²) in [5.74, 6) is 0.951. The number of hydrogen-bond acceptors (Lipinski definition) is 4. The average Bonchev–Trinajstić information content (AvgIpc) is 2.72. The molecule has 0 saturated heterocycles. The van der Waals surface area contributed by atoms with Gasteiger partial charge in [-0.1, -0.05) is 6.92 Å². The molecule has 5 nitrogen and oxygen atoms in total. The number of nitrogens with zero attached hydrogens (tertiary/aromatic N) is 4. The first-order valence-electron chi connectivity index (χ1n) is 5.19. The minimum atomic E-state index is 0.183. The highest BCUT2D eigenvalue weighted by Gasteiger charge is 2.43. The lowest BCUT2D eigenvalue weighted by molar-refractivity contribution is 0.413. The Labute approximate surface area is 83.9 Å². The molecular formula is C9H17N5. The predicted molar refractivity (Wildman–Crippen MR) is 52.8 cm³/mol. The van der Waals surface area contributed by atoms with Crippen LogP contribution in [0.5, 0.6) is 0 Å². The van der Waals surface area contributed by atoms with Gasteiger partial charge in [0.15, 0.2) is 5.82 Å². The Bertz CT molecular complexity index is 315. The van der Waals surface area contributed by atoms with E-state index in [1.54, 1.807) is 0 Å². The van der Waals surface area contributed by atoms with Crippen LogP contribution in [0.15, 0.2) is 0 Å². The molecule has 1 saturated carbocycles. The third-order valence-electron chi connectivity index (χ3n) is 2.88. The van der Waals surface area contributed by atoms with Crippen LogP contribution >= 0.6 is 0 Å². The Hall–Kier alpha value is -0.970. The largest absolute Gasteiger partial charge is 0.308 e. The molecule has 1 atom stereocenters. The van der Waals surface area contributed by atoms with Gasteiger partial charge < -0.3 is 5.32 Å². The Morgan fingerprint density at radius 1 is 1.57 bits per heavy atom. The second-order valence-electron chi connectivity index (χ2n) is 4.23. The van der Waals surface area contributed by atoms with Crippen molar-refractivity contribution in [2.45, 2.75) is 45.2 Å². The molecule has 0 radical (unpaired) electrons. The van der Waals surface area contributed by atoms with Gasteiger partial charge in [-0.2, -0.15) is 0 Å². The number of hydrogen-bond donors (Lipinski definition) is 1. The third-order valence-corrected chi connectivity index (χ3v) is 2.88. The SMILES string of the molecule is CCNC(C)c1nnnn1C1(C)CC1. The van der Waals surface area contributed by atoms with E-state index in [1.807, 2.05) is 4.68 Å². The zero-order chi connectivity index (χ0) is 10.2. The molecule has 1 heterocycles. The molecule has 1 aromatic rings. The molecule has 0 bridgehead atoms. The van der Waals surface area contributed by atoms with Gasteiger partial charge >= 0.3 is 0 Å². The van der Waals surface area contributed by atoms with Crippen molar-refractivity contribution in [3.8, 4) is 0 Å². The van der Waals surface area contributed by atoms with Crippen LogP contribution in [-0.2, 0) is 5.54 Å². The maximum atomic E-state index is 4.08. The highest BCUT2D eigenvalue weighted by atomic mass is 15.6. The molecule has 1 aromatic heterocycles. The molecule has 0 amide bonds. The quantitative estimate of drug-likeness (QED) is 0.774. The topological polar surface area (TPSA) is 55.6 Å². The molecule has 0 aromatic carbocycles. The van der Waals surface area contributed by atoms with Gasteiger partial charge in [-0.15, -0.1) is 5.10 Å². The van der Waals surface area contributed by atoms with Gasteiger partial charge in [0.1, 0.15) is 0 Å². The van der Waals surface area contributed by atoms with E-state index in [1.165, 1.54) is 12.8 Å². The minimum Gasteiger partial charge on any atom is -0.308 e. The molecule has 5 heteroatoms. The maximum absolute atomic E-state index is 4.08. The second-order valence-corrected chi connectivity index (χ2v) is 4.23. The van der Waals surface area contributed by atoms with Gasteiger partial charge in [0.25, 0.3) is 0 Å². The summed E-state index contributed by atoms with van der Waals surface area (Å²) in [6.45, 7) is 7.32. The molecule has 1 aliphatic carbocycles. The first-order valence-corrected chi connectivity index (χ1v) is 5.19. The lowest BCUT2D eigenvalue weighted by atomic mass is 10.2. The molecule has 78 valence electrons. The summed E-state index contributed by atoms with van der Waals surface area (Å²) in [6, 6.07) is 0.229. The average molecular weight is 195 g/mol. The van der Waals surface area contributed by atoms with E-state index < -0.39 is 0 Å². The molecule has 1 aliphatic rings. The normalized spacial score (nSPS) is 20.8. The van der Waals surface area contributed by atoms with Crippen LogP contribution in [0, 0.1) is 0 Å². The number of rotatable bonds is 4. The second kappa shape index (κ2) is 3.31. The Balaban J connectivity index is 2.21. The van der Waals surface area contributed by atoms with Crippen LogP contribution in [0.25, 0.3) is 0 Å². The van der Waals surface area contributed by atoms with E-state index in [-0.39, 0.29) is 11.6 Å². The van der Waals surface area contributed by atoms with Crippen molar-refractivity contribution in [2.75, 3.05) is 6.54 Å². The molecule has 1 N–H and O–H groups in total. The van der Waals surface area contributed by atoms with Gasteiger partial charge in [-0.3, -0.25) is 0 Å². The summed E-state index contributed by atoms with van der Waals surface area (Å²) < 4.78 is 1.97. The van der Waals surface area contributed by atoms with E-state index in [0.29, 0.717) is 0 Å². The summed E-state index contributed by atoms with van der Waals surface area (Å²) in [5, 5.41) is 15.2. The molecule has 14 heavy (non-hydrogen) atoms.